The second-order valence-corrected chi connectivity index (χ2v) is 6.54. The lowest BCUT2D eigenvalue weighted by atomic mass is 10.1. The fourth-order valence-corrected chi connectivity index (χ4v) is 3.26. The third kappa shape index (κ3) is 3.59. The van der Waals surface area contributed by atoms with Gasteiger partial charge in [-0.25, -0.2) is 0 Å². The average Bonchev–Trinajstić information content (AvgIpc) is 2.73. The number of hydrogen-bond donors (Lipinski definition) is 2. The number of ether oxygens (including phenoxy) is 6. The van der Waals surface area contributed by atoms with Crippen LogP contribution < -0.4 is 9.47 Å². The minimum atomic E-state index is -0.603. The number of phenolic OH excluding ortho intramolecular Hbond substituents is 2. The number of rotatable bonds is 4. The Bertz CT molecular complexity index is 769. The minimum Gasteiger partial charge on any atom is -0.504 e. The smallest absolute Gasteiger partial charge is 0.184 e. The van der Waals surface area contributed by atoms with Gasteiger partial charge < -0.3 is 38.6 Å². The van der Waals surface area contributed by atoms with Crippen molar-refractivity contribution in [3.05, 3.63) is 47.5 Å². The van der Waals surface area contributed by atoms with E-state index >= 15 is 0 Å². The quantitative estimate of drug-likeness (QED) is 0.823. The molecule has 0 spiro atoms. The van der Waals surface area contributed by atoms with Crippen LogP contribution in [0.3, 0.4) is 0 Å². The molecule has 0 radical (unpaired) electrons. The molecule has 4 atom stereocenters. The first-order chi connectivity index (χ1) is 13.6. The average molecular weight is 390 g/mol. The van der Waals surface area contributed by atoms with E-state index in [4.69, 9.17) is 28.4 Å². The maximum atomic E-state index is 9.74. The molecule has 2 aliphatic rings. The van der Waals surface area contributed by atoms with E-state index in [0.29, 0.717) is 24.7 Å². The van der Waals surface area contributed by atoms with Gasteiger partial charge in [0.2, 0.25) is 0 Å². The van der Waals surface area contributed by atoms with E-state index in [-0.39, 0.29) is 23.7 Å². The van der Waals surface area contributed by atoms with Crippen molar-refractivity contribution in [1.29, 1.82) is 0 Å². The zero-order chi connectivity index (χ0) is 19.7. The molecule has 4 unspecified atom stereocenters. The van der Waals surface area contributed by atoms with E-state index in [9.17, 15) is 10.2 Å². The molecule has 0 amide bonds. The van der Waals surface area contributed by atoms with Crippen LogP contribution in [-0.2, 0) is 18.9 Å². The third-order valence-electron chi connectivity index (χ3n) is 4.79. The normalized spacial score (nSPS) is 27.1. The summed E-state index contributed by atoms with van der Waals surface area (Å²) in [5.74, 6) is 0.807. The molecule has 2 aliphatic heterocycles. The number of fused-ring (bicyclic) bond motifs is 1. The highest BCUT2D eigenvalue weighted by atomic mass is 16.8. The summed E-state index contributed by atoms with van der Waals surface area (Å²) in [6, 6.07) is 9.87. The van der Waals surface area contributed by atoms with Crippen molar-refractivity contribution in [1.82, 2.24) is 0 Å². The summed E-state index contributed by atoms with van der Waals surface area (Å²) >= 11 is 0. The van der Waals surface area contributed by atoms with Gasteiger partial charge in [0.05, 0.1) is 27.4 Å². The van der Waals surface area contributed by atoms with Gasteiger partial charge in [-0.3, -0.25) is 0 Å². The number of phenols is 2. The monoisotopic (exact) mass is 390 g/mol. The molecule has 2 fully saturated rings. The minimum absolute atomic E-state index is 0.0523. The summed E-state index contributed by atoms with van der Waals surface area (Å²) in [4.78, 5) is 0. The van der Waals surface area contributed by atoms with Gasteiger partial charge in [-0.2, -0.15) is 0 Å². The Hall–Kier alpha value is -2.52. The van der Waals surface area contributed by atoms with Crippen molar-refractivity contribution in [3.8, 4) is 23.0 Å². The number of aromatic hydroxyl groups is 2. The third-order valence-corrected chi connectivity index (χ3v) is 4.79. The van der Waals surface area contributed by atoms with Crippen molar-refractivity contribution < 1.29 is 38.6 Å². The number of hydrogen-bond acceptors (Lipinski definition) is 8. The van der Waals surface area contributed by atoms with Crippen LogP contribution in [0.1, 0.15) is 23.7 Å². The zero-order valence-corrected chi connectivity index (χ0v) is 15.5. The van der Waals surface area contributed by atoms with E-state index < -0.39 is 12.6 Å². The van der Waals surface area contributed by atoms with Crippen molar-refractivity contribution in [2.75, 3.05) is 27.4 Å². The molecule has 8 heteroatoms. The highest BCUT2D eigenvalue weighted by Gasteiger charge is 2.40. The van der Waals surface area contributed by atoms with Crippen LogP contribution in [0.2, 0.25) is 0 Å². The molecular formula is C20H22O8. The standard InChI is InChI=1S/C20H22O8/c1-23-15-7-11(3-5-13(15)21)19-25-9-18-17(27-19)10-26-20(28-18)12-4-6-14(22)16(8-12)24-2/h3-8,17-22H,9-10H2,1-2H3. The number of methoxy groups -OCH3 is 2. The van der Waals surface area contributed by atoms with E-state index in [0.717, 1.165) is 11.1 Å². The Labute approximate surface area is 162 Å². The molecule has 0 aromatic heterocycles. The Balaban J connectivity index is 1.43. The fraction of sp³-hybridized carbons (Fsp3) is 0.400. The molecule has 2 N–H and O–H groups in total. The molecule has 4 rings (SSSR count). The Kier molecular flexibility index (Phi) is 5.27. The van der Waals surface area contributed by atoms with Gasteiger partial charge in [0.15, 0.2) is 35.6 Å². The lowest BCUT2D eigenvalue weighted by Crippen LogP contribution is -2.49. The number of benzene rings is 2. The van der Waals surface area contributed by atoms with Crippen molar-refractivity contribution in [2.24, 2.45) is 0 Å². The van der Waals surface area contributed by atoms with Crippen LogP contribution in [0.4, 0.5) is 0 Å². The molecule has 2 heterocycles. The van der Waals surface area contributed by atoms with Crippen molar-refractivity contribution in [2.45, 2.75) is 24.8 Å². The maximum absolute atomic E-state index is 9.74. The largest absolute Gasteiger partial charge is 0.504 e. The van der Waals surface area contributed by atoms with E-state index in [1.807, 2.05) is 0 Å². The van der Waals surface area contributed by atoms with Gasteiger partial charge in [0.1, 0.15) is 12.2 Å². The molecule has 2 aromatic carbocycles. The van der Waals surface area contributed by atoms with Gasteiger partial charge in [-0.15, -0.1) is 0 Å². The Morgan fingerprint density at radius 1 is 0.750 bits per heavy atom. The van der Waals surface area contributed by atoms with Crippen LogP contribution >= 0.6 is 0 Å². The van der Waals surface area contributed by atoms with Gasteiger partial charge in [0, 0.05) is 11.1 Å². The summed E-state index contributed by atoms with van der Waals surface area (Å²) in [6.07, 6.45) is -1.80. The molecule has 150 valence electrons. The Morgan fingerprint density at radius 2 is 1.18 bits per heavy atom. The highest BCUT2D eigenvalue weighted by Crippen LogP contribution is 2.38. The lowest BCUT2D eigenvalue weighted by Gasteiger charge is -2.41. The van der Waals surface area contributed by atoms with Gasteiger partial charge in [-0.05, 0) is 24.3 Å². The molecule has 2 aromatic rings. The van der Waals surface area contributed by atoms with Gasteiger partial charge in [-0.1, -0.05) is 12.1 Å². The molecule has 0 saturated carbocycles. The molecule has 0 bridgehead atoms. The zero-order valence-electron chi connectivity index (χ0n) is 15.5. The van der Waals surface area contributed by atoms with Gasteiger partial charge in [0.25, 0.3) is 0 Å². The van der Waals surface area contributed by atoms with E-state index in [1.54, 1.807) is 24.3 Å². The van der Waals surface area contributed by atoms with Crippen LogP contribution in [0.15, 0.2) is 36.4 Å². The van der Waals surface area contributed by atoms with Crippen molar-refractivity contribution >= 4 is 0 Å². The first-order valence-corrected chi connectivity index (χ1v) is 8.87. The molecule has 2 saturated heterocycles. The molecule has 28 heavy (non-hydrogen) atoms. The predicted octanol–water partition coefficient (Wildman–Crippen LogP) is 2.64. The fourth-order valence-electron chi connectivity index (χ4n) is 3.26. The maximum Gasteiger partial charge on any atom is 0.184 e. The van der Waals surface area contributed by atoms with E-state index in [1.165, 1.54) is 26.4 Å². The van der Waals surface area contributed by atoms with Crippen LogP contribution in [0.5, 0.6) is 23.0 Å². The summed E-state index contributed by atoms with van der Waals surface area (Å²) in [6.45, 7) is 0.654. The van der Waals surface area contributed by atoms with Crippen LogP contribution in [0.25, 0.3) is 0 Å². The summed E-state index contributed by atoms with van der Waals surface area (Å²) in [7, 11) is 2.97. The molecular weight excluding hydrogens is 368 g/mol. The Morgan fingerprint density at radius 3 is 1.57 bits per heavy atom. The first kappa shape index (κ1) is 18.8. The first-order valence-electron chi connectivity index (χ1n) is 8.87. The lowest BCUT2D eigenvalue weighted by molar-refractivity contribution is -0.342. The summed E-state index contributed by atoms with van der Waals surface area (Å²) in [5.41, 5.74) is 1.47. The van der Waals surface area contributed by atoms with Crippen LogP contribution in [-0.4, -0.2) is 49.9 Å². The molecule has 0 aliphatic carbocycles. The van der Waals surface area contributed by atoms with Gasteiger partial charge >= 0.3 is 0 Å². The topological polar surface area (TPSA) is 95.8 Å². The summed E-state index contributed by atoms with van der Waals surface area (Å²) in [5, 5.41) is 19.5. The van der Waals surface area contributed by atoms with Crippen molar-refractivity contribution in [3.63, 3.8) is 0 Å². The van der Waals surface area contributed by atoms with E-state index in [2.05, 4.69) is 0 Å². The molecule has 8 nitrogen and oxygen atoms in total. The second-order valence-electron chi connectivity index (χ2n) is 6.54. The highest BCUT2D eigenvalue weighted by molar-refractivity contribution is 5.43. The summed E-state index contributed by atoms with van der Waals surface area (Å²) < 4.78 is 33.9. The van der Waals surface area contributed by atoms with Crippen LogP contribution in [0, 0.1) is 0 Å². The SMILES string of the molecule is COc1cc(C2OCC3OC(c4ccc(O)c(OC)c4)OCC3O2)ccc1O. The predicted molar refractivity (Wildman–Crippen MR) is 96.4 cm³/mol. The second kappa shape index (κ2) is 7.84.